The van der Waals surface area contributed by atoms with Crippen LogP contribution in [-0.4, -0.2) is 52.9 Å². The SMILES string of the molecule is CCNC(=NCCn1cc(C)cn1)NC1CCN(Cc2ccc(C(F)(F)F)cc2)C1.I. The van der Waals surface area contributed by atoms with E-state index < -0.39 is 11.7 Å². The number of nitrogens with zero attached hydrogens (tertiary/aromatic N) is 4. The quantitative estimate of drug-likeness (QED) is 0.314. The normalized spacial score (nSPS) is 17.5. The summed E-state index contributed by atoms with van der Waals surface area (Å²) in [4.78, 5) is 6.88. The van der Waals surface area contributed by atoms with E-state index in [1.165, 1.54) is 0 Å². The summed E-state index contributed by atoms with van der Waals surface area (Å²) in [6, 6.07) is 5.68. The van der Waals surface area contributed by atoms with Crippen molar-refractivity contribution in [1.29, 1.82) is 0 Å². The molecule has 0 aliphatic carbocycles. The van der Waals surface area contributed by atoms with Crippen molar-refractivity contribution in [3.8, 4) is 0 Å². The highest BCUT2D eigenvalue weighted by atomic mass is 127. The van der Waals surface area contributed by atoms with E-state index in [2.05, 4.69) is 25.6 Å². The van der Waals surface area contributed by atoms with E-state index in [0.717, 1.165) is 61.8 Å². The highest BCUT2D eigenvalue weighted by Crippen LogP contribution is 2.29. The molecule has 1 aromatic carbocycles. The molecular formula is C21H30F3IN6. The van der Waals surface area contributed by atoms with Gasteiger partial charge in [0.15, 0.2) is 5.96 Å². The molecule has 0 saturated carbocycles. The number of aliphatic imine (C=N–C) groups is 1. The Balaban J connectivity index is 0.00000341. The van der Waals surface area contributed by atoms with E-state index in [9.17, 15) is 13.2 Å². The molecule has 0 bridgehead atoms. The molecule has 3 rings (SSSR count). The fraction of sp³-hybridized carbons (Fsp3) is 0.524. The zero-order valence-corrected chi connectivity index (χ0v) is 20.2. The van der Waals surface area contributed by atoms with E-state index in [-0.39, 0.29) is 30.0 Å². The number of hydrogen-bond donors (Lipinski definition) is 2. The van der Waals surface area contributed by atoms with Gasteiger partial charge in [0.1, 0.15) is 0 Å². The molecule has 2 heterocycles. The Labute approximate surface area is 198 Å². The molecular weight excluding hydrogens is 520 g/mol. The van der Waals surface area contributed by atoms with Gasteiger partial charge < -0.3 is 10.6 Å². The minimum Gasteiger partial charge on any atom is -0.357 e. The zero-order valence-electron chi connectivity index (χ0n) is 17.8. The van der Waals surface area contributed by atoms with Crippen LogP contribution in [0.4, 0.5) is 13.2 Å². The van der Waals surface area contributed by atoms with Crippen LogP contribution in [0, 0.1) is 6.92 Å². The molecule has 1 saturated heterocycles. The summed E-state index contributed by atoms with van der Waals surface area (Å²) in [5.41, 5.74) is 1.41. The van der Waals surface area contributed by atoms with Gasteiger partial charge in [0.2, 0.25) is 0 Å². The van der Waals surface area contributed by atoms with E-state index in [0.29, 0.717) is 13.1 Å². The second-order valence-electron chi connectivity index (χ2n) is 7.60. The van der Waals surface area contributed by atoms with Crippen LogP contribution in [0.5, 0.6) is 0 Å². The van der Waals surface area contributed by atoms with Crippen LogP contribution in [0.15, 0.2) is 41.7 Å². The lowest BCUT2D eigenvalue weighted by atomic mass is 10.1. The zero-order chi connectivity index (χ0) is 21.6. The van der Waals surface area contributed by atoms with Gasteiger partial charge in [-0.2, -0.15) is 18.3 Å². The lowest BCUT2D eigenvalue weighted by Gasteiger charge is -2.19. The van der Waals surface area contributed by atoms with Crippen molar-refractivity contribution >= 4 is 29.9 Å². The van der Waals surface area contributed by atoms with Crippen LogP contribution >= 0.6 is 24.0 Å². The number of benzene rings is 1. The third-order valence-corrected chi connectivity index (χ3v) is 5.01. The standard InChI is InChI=1S/C21H29F3N6.HI/c1-3-25-20(26-9-11-30-13-16(2)12-27-30)28-19-8-10-29(15-19)14-17-4-6-18(7-5-17)21(22,23)24;/h4-7,12-13,19H,3,8-11,14-15H2,1-2H3,(H2,25,26,28);1H. The first kappa shape index (κ1) is 25.4. The van der Waals surface area contributed by atoms with Crippen molar-refractivity contribution in [3.63, 3.8) is 0 Å². The molecule has 1 aliphatic rings. The minimum atomic E-state index is -4.29. The predicted octanol–water partition coefficient (Wildman–Crippen LogP) is 3.66. The van der Waals surface area contributed by atoms with Crippen molar-refractivity contribution in [1.82, 2.24) is 25.3 Å². The molecule has 2 aromatic rings. The second kappa shape index (κ2) is 11.7. The molecule has 1 fully saturated rings. The molecule has 1 aromatic heterocycles. The summed E-state index contributed by atoms with van der Waals surface area (Å²) in [7, 11) is 0. The van der Waals surface area contributed by atoms with Crippen LogP contribution in [0.1, 0.15) is 30.0 Å². The fourth-order valence-corrected chi connectivity index (χ4v) is 3.52. The first-order chi connectivity index (χ1) is 14.3. The van der Waals surface area contributed by atoms with Gasteiger partial charge in [-0.05, 0) is 43.5 Å². The maximum Gasteiger partial charge on any atom is 0.416 e. The molecule has 31 heavy (non-hydrogen) atoms. The summed E-state index contributed by atoms with van der Waals surface area (Å²) in [5, 5.41) is 11.0. The van der Waals surface area contributed by atoms with Gasteiger partial charge >= 0.3 is 6.18 Å². The lowest BCUT2D eigenvalue weighted by molar-refractivity contribution is -0.137. The summed E-state index contributed by atoms with van der Waals surface area (Å²) < 4.78 is 40.0. The van der Waals surface area contributed by atoms with E-state index in [1.54, 1.807) is 12.1 Å². The van der Waals surface area contributed by atoms with Crippen molar-refractivity contribution < 1.29 is 13.2 Å². The van der Waals surface area contributed by atoms with Crippen LogP contribution in [-0.2, 0) is 19.3 Å². The number of aromatic nitrogens is 2. The Morgan fingerprint density at radius 2 is 2.00 bits per heavy atom. The monoisotopic (exact) mass is 550 g/mol. The lowest BCUT2D eigenvalue weighted by Crippen LogP contribution is -2.44. The smallest absolute Gasteiger partial charge is 0.357 e. The minimum absolute atomic E-state index is 0. The summed E-state index contributed by atoms with van der Waals surface area (Å²) in [5.74, 6) is 0.780. The molecule has 1 unspecified atom stereocenters. The van der Waals surface area contributed by atoms with Gasteiger partial charge in [-0.1, -0.05) is 12.1 Å². The molecule has 0 radical (unpaired) electrons. The van der Waals surface area contributed by atoms with E-state index in [4.69, 9.17) is 0 Å². The van der Waals surface area contributed by atoms with Gasteiger partial charge in [-0.15, -0.1) is 24.0 Å². The molecule has 10 heteroatoms. The molecule has 0 amide bonds. The third-order valence-electron chi connectivity index (χ3n) is 5.01. The number of nitrogens with one attached hydrogen (secondary N) is 2. The highest BCUT2D eigenvalue weighted by Gasteiger charge is 2.30. The van der Waals surface area contributed by atoms with Gasteiger partial charge in [0, 0.05) is 38.4 Å². The Bertz CT molecular complexity index is 834. The summed E-state index contributed by atoms with van der Waals surface area (Å²) in [6.45, 7) is 8.51. The first-order valence-electron chi connectivity index (χ1n) is 10.3. The molecule has 6 nitrogen and oxygen atoms in total. The Morgan fingerprint density at radius 1 is 1.26 bits per heavy atom. The number of rotatable bonds is 7. The third kappa shape index (κ3) is 7.99. The number of alkyl halides is 3. The average Bonchev–Trinajstić information content (AvgIpc) is 3.30. The van der Waals surface area contributed by atoms with Crippen molar-refractivity contribution in [3.05, 3.63) is 53.3 Å². The first-order valence-corrected chi connectivity index (χ1v) is 10.3. The van der Waals surface area contributed by atoms with E-state index in [1.807, 2.05) is 30.9 Å². The number of hydrogen-bond acceptors (Lipinski definition) is 3. The Hall–Kier alpha value is -1.82. The van der Waals surface area contributed by atoms with Crippen molar-refractivity contribution in [2.24, 2.45) is 4.99 Å². The van der Waals surface area contributed by atoms with Gasteiger partial charge in [0.05, 0.1) is 24.8 Å². The molecule has 0 spiro atoms. The number of likely N-dealkylation sites (tertiary alicyclic amines) is 1. The largest absolute Gasteiger partial charge is 0.416 e. The fourth-order valence-electron chi connectivity index (χ4n) is 3.52. The number of guanidine groups is 1. The van der Waals surface area contributed by atoms with Gasteiger partial charge in [0.25, 0.3) is 0 Å². The highest BCUT2D eigenvalue weighted by molar-refractivity contribution is 14.0. The molecule has 2 N–H and O–H groups in total. The Kier molecular flexibility index (Phi) is 9.60. The van der Waals surface area contributed by atoms with Gasteiger partial charge in [-0.25, -0.2) is 0 Å². The molecule has 1 aliphatic heterocycles. The van der Waals surface area contributed by atoms with Gasteiger partial charge in [-0.3, -0.25) is 14.6 Å². The second-order valence-corrected chi connectivity index (χ2v) is 7.60. The topological polar surface area (TPSA) is 57.5 Å². The van der Waals surface area contributed by atoms with Crippen molar-refractivity contribution in [2.75, 3.05) is 26.2 Å². The number of halogens is 4. The Morgan fingerprint density at radius 3 is 2.61 bits per heavy atom. The maximum absolute atomic E-state index is 12.7. The summed E-state index contributed by atoms with van der Waals surface area (Å²) in [6.07, 6.45) is 0.492. The predicted molar refractivity (Wildman–Crippen MR) is 127 cm³/mol. The van der Waals surface area contributed by atoms with Crippen LogP contribution in [0.3, 0.4) is 0 Å². The maximum atomic E-state index is 12.7. The van der Waals surface area contributed by atoms with Crippen LogP contribution < -0.4 is 10.6 Å². The van der Waals surface area contributed by atoms with E-state index >= 15 is 0 Å². The average molecular weight is 550 g/mol. The van der Waals surface area contributed by atoms with Crippen molar-refractivity contribution in [2.45, 2.75) is 45.6 Å². The molecule has 172 valence electrons. The molecule has 1 atom stereocenters. The number of aryl methyl sites for hydroxylation is 1. The van der Waals surface area contributed by atoms with Crippen LogP contribution in [0.2, 0.25) is 0 Å². The summed E-state index contributed by atoms with van der Waals surface area (Å²) >= 11 is 0. The van der Waals surface area contributed by atoms with Crippen LogP contribution in [0.25, 0.3) is 0 Å².